The Hall–Kier alpha value is -3.45. The van der Waals surface area contributed by atoms with Gasteiger partial charge in [-0.3, -0.25) is 0 Å². The molecule has 1 aliphatic rings. The van der Waals surface area contributed by atoms with Crippen molar-refractivity contribution < 1.29 is 8.42 Å². The summed E-state index contributed by atoms with van der Waals surface area (Å²) < 4.78 is 24.0. The number of anilines is 2. The minimum Gasteiger partial charge on any atom is -0.321 e. The molecule has 4 rings (SSSR count). The van der Waals surface area contributed by atoms with Gasteiger partial charge in [-0.05, 0) is 0 Å². The summed E-state index contributed by atoms with van der Waals surface area (Å²) in [5, 5.41) is 16.0. The number of aromatic nitrogens is 4. The van der Waals surface area contributed by atoms with E-state index in [4.69, 9.17) is 0 Å². The van der Waals surface area contributed by atoms with Crippen molar-refractivity contribution in [2.75, 3.05) is 11.6 Å². The van der Waals surface area contributed by atoms with Crippen molar-refractivity contribution in [1.29, 1.82) is 5.26 Å². The lowest BCUT2D eigenvalue weighted by Crippen LogP contribution is -2.10. The highest BCUT2D eigenvalue weighted by atomic mass is 32.2. The monoisotopic (exact) mass is 381 g/mol. The first-order valence-electron chi connectivity index (χ1n) is 8.06. The molecule has 136 valence electrons. The topological polar surface area (TPSA) is 117 Å². The molecule has 1 aliphatic heterocycles. The molecule has 0 saturated carbocycles. The van der Waals surface area contributed by atoms with E-state index in [0.717, 1.165) is 32.9 Å². The molecule has 0 spiro atoms. The van der Waals surface area contributed by atoms with Crippen LogP contribution >= 0.6 is 0 Å². The third-order valence-electron chi connectivity index (χ3n) is 4.13. The third-order valence-corrected chi connectivity index (χ3v) is 5.01. The van der Waals surface area contributed by atoms with Crippen LogP contribution < -0.4 is 5.32 Å². The first-order valence-corrected chi connectivity index (χ1v) is 9.91. The number of benzene rings is 1. The molecule has 2 aromatic heterocycles. The van der Waals surface area contributed by atoms with Crippen molar-refractivity contribution in [2.45, 2.75) is 13.1 Å². The molecular formula is C17H15N7O2S. The minimum atomic E-state index is -3.46. The maximum atomic E-state index is 11.6. The summed E-state index contributed by atoms with van der Waals surface area (Å²) in [5.41, 5.74) is 3.81. The molecule has 27 heavy (non-hydrogen) atoms. The molecule has 0 aliphatic carbocycles. The SMILES string of the molecule is CS(=O)(=O)n1cc(Nc2nc3c(c(-c4ccccc4)n2)CN(C#N)C3)cn1. The van der Waals surface area contributed by atoms with E-state index in [-0.39, 0.29) is 0 Å². The zero-order valence-electron chi connectivity index (χ0n) is 14.4. The summed E-state index contributed by atoms with van der Waals surface area (Å²) in [7, 11) is -3.46. The van der Waals surface area contributed by atoms with Gasteiger partial charge in [0, 0.05) is 11.1 Å². The van der Waals surface area contributed by atoms with Crippen LogP contribution in [0.15, 0.2) is 42.7 Å². The van der Waals surface area contributed by atoms with Crippen LogP contribution in [-0.4, -0.2) is 38.7 Å². The number of nitriles is 1. The number of nitrogens with zero attached hydrogens (tertiary/aromatic N) is 6. The fraction of sp³-hybridized carbons (Fsp3) is 0.176. The lowest BCUT2D eigenvalue weighted by atomic mass is 10.1. The third kappa shape index (κ3) is 3.32. The van der Waals surface area contributed by atoms with E-state index in [9.17, 15) is 13.7 Å². The van der Waals surface area contributed by atoms with Crippen molar-refractivity contribution in [2.24, 2.45) is 0 Å². The predicted octanol–water partition coefficient (Wildman–Crippen LogP) is 1.69. The van der Waals surface area contributed by atoms with Crippen LogP contribution in [0, 0.1) is 11.5 Å². The van der Waals surface area contributed by atoms with Gasteiger partial charge in [-0.15, -0.1) is 0 Å². The molecule has 0 saturated heterocycles. The number of hydrogen-bond donors (Lipinski definition) is 1. The molecule has 3 heterocycles. The molecular weight excluding hydrogens is 366 g/mol. The summed E-state index contributed by atoms with van der Waals surface area (Å²) in [6.07, 6.45) is 5.96. The Morgan fingerprint density at radius 1 is 1.19 bits per heavy atom. The summed E-state index contributed by atoms with van der Waals surface area (Å²) in [4.78, 5) is 10.7. The van der Waals surface area contributed by atoms with Gasteiger partial charge < -0.3 is 10.2 Å². The Morgan fingerprint density at radius 3 is 2.63 bits per heavy atom. The Bertz CT molecular complexity index is 1150. The zero-order chi connectivity index (χ0) is 19.0. The summed E-state index contributed by atoms with van der Waals surface area (Å²) in [6.45, 7) is 0.869. The Kier molecular flexibility index (Phi) is 4.01. The van der Waals surface area contributed by atoms with Gasteiger partial charge in [0.25, 0.3) is 10.0 Å². The van der Waals surface area contributed by atoms with Crippen LogP contribution in [-0.2, 0) is 23.1 Å². The van der Waals surface area contributed by atoms with Gasteiger partial charge in [-0.1, -0.05) is 30.3 Å². The highest BCUT2D eigenvalue weighted by Gasteiger charge is 2.25. The van der Waals surface area contributed by atoms with E-state index in [2.05, 4.69) is 26.6 Å². The number of hydrogen-bond acceptors (Lipinski definition) is 8. The molecule has 1 N–H and O–H groups in total. The van der Waals surface area contributed by atoms with Crippen LogP contribution in [0.1, 0.15) is 11.3 Å². The van der Waals surface area contributed by atoms with Crippen molar-refractivity contribution in [3.8, 4) is 17.5 Å². The average Bonchev–Trinajstić information content (AvgIpc) is 3.28. The molecule has 9 nitrogen and oxygen atoms in total. The van der Waals surface area contributed by atoms with Crippen molar-refractivity contribution in [3.63, 3.8) is 0 Å². The van der Waals surface area contributed by atoms with Gasteiger partial charge in [-0.2, -0.15) is 14.4 Å². The van der Waals surface area contributed by atoms with Crippen LogP contribution in [0.25, 0.3) is 11.3 Å². The van der Waals surface area contributed by atoms with E-state index in [1.165, 1.54) is 12.4 Å². The summed E-state index contributed by atoms with van der Waals surface area (Å²) in [6, 6.07) is 9.66. The molecule has 0 atom stereocenters. The second kappa shape index (κ2) is 6.37. The Morgan fingerprint density at radius 2 is 1.96 bits per heavy atom. The van der Waals surface area contributed by atoms with Gasteiger partial charge in [0.2, 0.25) is 5.95 Å². The normalized spacial score (nSPS) is 13.3. The van der Waals surface area contributed by atoms with Gasteiger partial charge >= 0.3 is 0 Å². The summed E-state index contributed by atoms with van der Waals surface area (Å²) >= 11 is 0. The maximum absolute atomic E-state index is 11.6. The number of fused-ring (bicyclic) bond motifs is 1. The quantitative estimate of drug-likeness (QED) is 0.679. The lowest BCUT2D eigenvalue weighted by molar-refractivity contribution is 0.415. The van der Waals surface area contributed by atoms with E-state index >= 15 is 0 Å². The van der Waals surface area contributed by atoms with Crippen LogP contribution in [0.4, 0.5) is 11.6 Å². The van der Waals surface area contributed by atoms with Crippen LogP contribution in [0.5, 0.6) is 0 Å². The van der Waals surface area contributed by atoms with E-state index < -0.39 is 10.0 Å². The van der Waals surface area contributed by atoms with Crippen molar-refractivity contribution in [3.05, 3.63) is 54.0 Å². The van der Waals surface area contributed by atoms with Gasteiger partial charge in [-0.25, -0.2) is 18.4 Å². The van der Waals surface area contributed by atoms with Crippen LogP contribution in [0.3, 0.4) is 0 Å². The first kappa shape index (κ1) is 17.0. The highest BCUT2D eigenvalue weighted by Crippen LogP contribution is 2.31. The molecule has 0 radical (unpaired) electrons. The van der Waals surface area contributed by atoms with Crippen molar-refractivity contribution >= 4 is 21.7 Å². The minimum absolute atomic E-state index is 0.320. The van der Waals surface area contributed by atoms with Gasteiger partial charge in [0.05, 0.1) is 48.8 Å². The Balaban J connectivity index is 1.75. The van der Waals surface area contributed by atoms with E-state index in [1.807, 2.05) is 30.3 Å². The fourth-order valence-electron chi connectivity index (χ4n) is 2.90. The second-order valence-electron chi connectivity index (χ2n) is 6.13. The summed E-state index contributed by atoms with van der Waals surface area (Å²) in [5.74, 6) is 0.320. The molecule has 0 amide bonds. The smallest absolute Gasteiger partial charge is 0.250 e. The van der Waals surface area contributed by atoms with E-state index in [0.29, 0.717) is 24.7 Å². The molecule has 0 unspecified atom stereocenters. The van der Waals surface area contributed by atoms with Crippen LogP contribution in [0.2, 0.25) is 0 Å². The number of rotatable bonds is 4. The first-order chi connectivity index (χ1) is 12.9. The van der Waals surface area contributed by atoms with Crippen molar-refractivity contribution in [1.82, 2.24) is 24.1 Å². The lowest BCUT2D eigenvalue weighted by Gasteiger charge is -2.10. The Labute approximate surface area is 156 Å². The van der Waals surface area contributed by atoms with E-state index in [1.54, 1.807) is 4.90 Å². The molecule has 3 aromatic rings. The molecule has 1 aromatic carbocycles. The second-order valence-corrected chi connectivity index (χ2v) is 7.97. The number of nitrogens with one attached hydrogen (secondary N) is 1. The highest BCUT2D eigenvalue weighted by molar-refractivity contribution is 7.89. The van der Waals surface area contributed by atoms with Gasteiger partial charge in [0.15, 0.2) is 6.19 Å². The average molecular weight is 381 g/mol. The van der Waals surface area contributed by atoms with Gasteiger partial charge in [0.1, 0.15) is 0 Å². The fourth-order valence-corrected chi connectivity index (χ4v) is 3.42. The standard InChI is InChI=1S/C17H15N7O2S/c1-27(25,26)24-8-13(7-19-24)20-17-21-15-10-23(11-18)9-14(15)16(22-17)12-5-3-2-4-6-12/h2-8H,9-10H2,1H3,(H,20,21,22). The maximum Gasteiger partial charge on any atom is 0.250 e. The predicted molar refractivity (Wildman–Crippen MR) is 98.1 cm³/mol. The molecule has 0 fully saturated rings. The molecule has 10 heteroatoms. The molecule has 0 bridgehead atoms. The zero-order valence-corrected chi connectivity index (χ0v) is 15.2. The largest absolute Gasteiger partial charge is 0.321 e.